The molecule has 0 radical (unpaired) electrons. The van der Waals surface area contributed by atoms with Gasteiger partial charge < -0.3 is 19.2 Å². The van der Waals surface area contributed by atoms with E-state index in [-0.39, 0.29) is 17.7 Å². The van der Waals surface area contributed by atoms with Crippen LogP contribution in [0.25, 0.3) is 0 Å². The Hall–Kier alpha value is -2.27. The van der Waals surface area contributed by atoms with Crippen molar-refractivity contribution in [1.29, 1.82) is 0 Å². The molecule has 1 aliphatic rings. The lowest BCUT2D eigenvalue weighted by atomic mass is 10.0. The number of carbonyl (C=O) groups excluding carboxylic acids is 1. The number of rotatable bonds is 3. The van der Waals surface area contributed by atoms with E-state index in [0.717, 1.165) is 11.3 Å². The molecular formula is C16H17NO4. The first-order valence-electron chi connectivity index (χ1n) is 6.85. The van der Waals surface area contributed by atoms with Crippen molar-refractivity contribution >= 4 is 5.91 Å². The highest BCUT2D eigenvalue weighted by Crippen LogP contribution is 2.34. The van der Waals surface area contributed by atoms with Crippen LogP contribution in [0.5, 0.6) is 5.75 Å². The predicted molar refractivity (Wildman–Crippen MR) is 76.1 cm³/mol. The van der Waals surface area contributed by atoms with Gasteiger partial charge in [0, 0.05) is 6.54 Å². The van der Waals surface area contributed by atoms with Crippen LogP contribution in [0.4, 0.5) is 0 Å². The normalized spacial score (nSPS) is 21.5. The Labute approximate surface area is 122 Å². The molecule has 1 aromatic heterocycles. The van der Waals surface area contributed by atoms with Gasteiger partial charge in [-0.05, 0) is 36.2 Å². The van der Waals surface area contributed by atoms with E-state index in [2.05, 4.69) is 0 Å². The maximum absolute atomic E-state index is 12.5. The topological polar surface area (TPSA) is 62.9 Å². The molecule has 2 aromatic rings. The highest BCUT2D eigenvalue weighted by molar-refractivity contribution is 5.92. The standard InChI is InChI=1S/C16H17NO4/c1-20-13-5-2-4-11(8-13)14-9-12(18)10-17(14)16(19)15-6-3-7-21-15/h2-8,12,14,18H,9-10H2,1H3/t12-,14-/m1/s1. The number of ether oxygens (including phenoxy) is 1. The minimum atomic E-state index is -0.528. The van der Waals surface area contributed by atoms with Crippen molar-refractivity contribution in [3.63, 3.8) is 0 Å². The van der Waals surface area contributed by atoms with Gasteiger partial charge in [-0.15, -0.1) is 0 Å². The number of β-amino-alcohol motifs (C(OH)–C–C–N with tert-alkyl or cyclic N) is 1. The lowest BCUT2D eigenvalue weighted by Gasteiger charge is -2.24. The summed E-state index contributed by atoms with van der Waals surface area (Å²) in [5.41, 5.74) is 0.950. The summed E-state index contributed by atoms with van der Waals surface area (Å²) in [4.78, 5) is 14.1. The quantitative estimate of drug-likeness (QED) is 0.940. The van der Waals surface area contributed by atoms with Gasteiger partial charge in [0.1, 0.15) is 5.75 Å². The fraction of sp³-hybridized carbons (Fsp3) is 0.312. The monoisotopic (exact) mass is 287 g/mol. The van der Waals surface area contributed by atoms with E-state index in [1.54, 1.807) is 24.1 Å². The van der Waals surface area contributed by atoms with Crippen molar-refractivity contribution in [3.8, 4) is 5.75 Å². The maximum atomic E-state index is 12.5. The summed E-state index contributed by atoms with van der Waals surface area (Å²) in [5.74, 6) is 0.820. The Morgan fingerprint density at radius 3 is 2.95 bits per heavy atom. The van der Waals surface area contributed by atoms with Gasteiger partial charge in [0.2, 0.25) is 0 Å². The van der Waals surface area contributed by atoms with E-state index >= 15 is 0 Å². The highest BCUT2D eigenvalue weighted by Gasteiger charge is 2.36. The van der Waals surface area contributed by atoms with Gasteiger partial charge in [0.25, 0.3) is 5.91 Å². The molecular weight excluding hydrogens is 270 g/mol. The molecule has 1 fully saturated rings. The Kier molecular flexibility index (Phi) is 3.66. The lowest BCUT2D eigenvalue weighted by molar-refractivity contribution is 0.0683. The summed E-state index contributed by atoms with van der Waals surface area (Å²) >= 11 is 0. The Morgan fingerprint density at radius 1 is 1.38 bits per heavy atom. The smallest absolute Gasteiger partial charge is 0.290 e. The largest absolute Gasteiger partial charge is 0.497 e. The number of furan rings is 1. The molecule has 1 aliphatic heterocycles. The lowest BCUT2D eigenvalue weighted by Crippen LogP contribution is -2.31. The second-order valence-electron chi connectivity index (χ2n) is 5.12. The molecule has 1 saturated heterocycles. The number of methoxy groups -OCH3 is 1. The summed E-state index contributed by atoms with van der Waals surface area (Å²) in [5, 5.41) is 9.95. The zero-order chi connectivity index (χ0) is 14.8. The van der Waals surface area contributed by atoms with Gasteiger partial charge in [-0.3, -0.25) is 4.79 Å². The van der Waals surface area contributed by atoms with Crippen LogP contribution in [-0.4, -0.2) is 35.7 Å². The Bertz CT molecular complexity index is 623. The number of benzene rings is 1. The van der Waals surface area contributed by atoms with E-state index in [1.165, 1.54) is 6.26 Å². The SMILES string of the molecule is COc1cccc([C@H]2C[C@@H](O)CN2C(=O)c2ccco2)c1. The number of aliphatic hydroxyl groups excluding tert-OH is 1. The molecule has 0 spiro atoms. The van der Waals surface area contributed by atoms with Gasteiger partial charge in [0.15, 0.2) is 5.76 Å². The molecule has 3 rings (SSSR count). The molecule has 0 bridgehead atoms. The first-order valence-corrected chi connectivity index (χ1v) is 6.85. The van der Waals surface area contributed by atoms with Crippen molar-refractivity contribution in [2.24, 2.45) is 0 Å². The molecule has 21 heavy (non-hydrogen) atoms. The van der Waals surface area contributed by atoms with Crippen LogP contribution in [0.1, 0.15) is 28.6 Å². The molecule has 1 aromatic carbocycles. The number of nitrogens with zero attached hydrogens (tertiary/aromatic N) is 1. The Balaban J connectivity index is 1.90. The second-order valence-corrected chi connectivity index (χ2v) is 5.12. The van der Waals surface area contributed by atoms with Gasteiger partial charge in [-0.25, -0.2) is 0 Å². The predicted octanol–water partition coefficient (Wildman–Crippen LogP) is 2.24. The molecule has 0 aliphatic carbocycles. The van der Waals surface area contributed by atoms with Crippen LogP contribution in [0.3, 0.4) is 0 Å². The number of amides is 1. The fourth-order valence-electron chi connectivity index (χ4n) is 2.74. The molecule has 0 saturated carbocycles. The zero-order valence-electron chi connectivity index (χ0n) is 11.7. The van der Waals surface area contributed by atoms with Crippen LogP contribution in [0.2, 0.25) is 0 Å². The minimum absolute atomic E-state index is 0.173. The van der Waals surface area contributed by atoms with Gasteiger partial charge in [-0.2, -0.15) is 0 Å². The van der Waals surface area contributed by atoms with Crippen LogP contribution in [0.15, 0.2) is 47.1 Å². The second kappa shape index (κ2) is 5.61. The molecule has 2 atom stereocenters. The van der Waals surface area contributed by atoms with Gasteiger partial charge in [-0.1, -0.05) is 12.1 Å². The number of carbonyl (C=O) groups is 1. The average Bonchev–Trinajstić information content (AvgIpc) is 3.16. The number of hydrogen-bond donors (Lipinski definition) is 1. The van der Waals surface area contributed by atoms with Gasteiger partial charge >= 0.3 is 0 Å². The average molecular weight is 287 g/mol. The number of likely N-dealkylation sites (tertiary alicyclic amines) is 1. The van der Waals surface area contributed by atoms with E-state index in [9.17, 15) is 9.90 Å². The maximum Gasteiger partial charge on any atom is 0.290 e. The minimum Gasteiger partial charge on any atom is -0.497 e. The summed E-state index contributed by atoms with van der Waals surface area (Å²) in [6.45, 7) is 0.307. The van der Waals surface area contributed by atoms with E-state index in [4.69, 9.17) is 9.15 Å². The summed E-state index contributed by atoms with van der Waals surface area (Å²) in [6, 6.07) is 10.7. The van der Waals surface area contributed by atoms with Crippen molar-refractivity contribution in [2.75, 3.05) is 13.7 Å². The molecule has 1 N–H and O–H groups in total. The first-order chi connectivity index (χ1) is 10.2. The van der Waals surface area contributed by atoms with E-state index < -0.39 is 6.10 Å². The van der Waals surface area contributed by atoms with Crippen LogP contribution in [-0.2, 0) is 0 Å². The van der Waals surface area contributed by atoms with Crippen LogP contribution in [0, 0.1) is 0 Å². The highest BCUT2D eigenvalue weighted by atomic mass is 16.5. The summed E-state index contributed by atoms with van der Waals surface area (Å²) < 4.78 is 10.4. The van der Waals surface area contributed by atoms with Crippen LogP contribution >= 0.6 is 0 Å². The molecule has 5 heteroatoms. The van der Waals surface area contributed by atoms with E-state index in [0.29, 0.717) is 13.0 Å². The molecule has 110 valence electrons. The molecule has 1 amide bonds. The fourth-order valence-corrected chi connectivity index (χ4v) is 2.74. The van der Waals surface area contributed by atoms with Crippen molar-refractivity contribution in [2.45, 2.75) is 18.6 Å². The van der Waals surface area contributed by atoms with E-state index in [1.807, 2.05) is 24.3 Å². The summed E-state index contributed by atoms with van der Waals surface area (Å²) in [6.07, 6.45) is 1.46. The third kappa shape index (κ3) is 2.64. The number of hydrogen-bond acceptors (Lipinski definition) is 4. The van der Waals surface area contributed by atoms with Gasteiger partial charge in [0.05, 0.1) is 25.5 Å². The third-order valence-corrected chi connectivity index (χ3v) is 3.75. The summed E-state index contributed by atoms with van der Waals surface area (Å²) in [7, 11) is 1.61. The Morgan fingerprint density at radius 2 is 2.24 bits per heavy atom. The number of aliphatic hydroxyl groups is 1. The van der Waals surface area contributed by atoms with Crippen molar-refractivity contribution < 1.29 is 19.1 Å². The third-order valence-electron chi connectivity index (χ3n) is 3.75. The first kappa shape index (κ1) is 13.7. The van der Waals surface area contributed by atoms with Crippen molar-refractivity contribution in [3.05, 3.63) is 54.0 Å². The molecule has 2 heterocycles. The molecule has 5 nitrogen and oxygen atoms in total. The molecule has 0 unspecified atom stereocenters. The zero-order valence-corrected chi connectivity index (χ0v) is 11.7. The van der Waals surface area contributed by atoms with Crippen molar-refractivity contribution in [1.82, 2.24) is 4.90 Å². The van der Waals surface area contributed by atoms with Crippen LogP contribution < -0.4 is 4.74 Å².